The van der Waals surface area contributed by atoms with Gasteiger partial charge in [-0.2, -0.15) is 0 Å². The first kappa shape index (κ1) is 17.7. The highest BCUT2D eigenvalue weighted by Crippen LogP contribution is 2.31. The lowest BCUT2D eigenvalue weighted by atomic mass is 10.1. The summed E-state index contributed by atoms with van der Waals surface area (Å²) in [4.78, 5) is 7.30. The monoisotopic (exact) mass is 335 g/mol. The van der Waals surface area contributed by atoms with Crippen LogP contribution in [0.5, 0.6) is 0 Å². The third kappa shape index (κ3) is 4.10. The molecule has 0 amide bonds. The molecule has 0 aliphatic heterocycles. The number of hydrogen-bond acceptors (Lipinski definition) is 3. The molecule has 1 aromatic heterocycles. The summed E-state index contributed by atoms with van der Waals surface area (Å²) >= 11 is 0. The molecule has 25 heavy (non-hydrogen) atoms. The van der Waals surface area contributed by atoms with Crippen molar-refractivity contribution in [2.24, 2.45) is 0 Å². The Hall–Kier alpha value is -2.13. The SMILES string of the molecule is CCN(CC)CCC[C@@H](C)Nc1c2ccccc2nc2ccccc12. The second-order valence-corrected chi connectivity index (χ2v) is 6.74. The molecule has 1 N–H and O–H groups in total. The van der Waals surface area contributed by atoms with Gasteiger partial charge in [0.1, 0.15) is 0 Å². The van der Waals surface area contributed by atoms with E-state index in [-0.39, 0.29) is 0 Å². The van der Waals surface area contributed by atoms with E-state index in [0.717, 1.165) is 24.1 Å². The number of para-hydroxylation sites is 2. The summed E-state index contributed by atoms with van der Waals surface area (Å²) in [6.45, 7) is 10.2. The van der Waals surface area contributed by atoms with Crippen molar-refractivity contribution < 1.29 is 0 Å². The van der Waals surface area contributed by atoms with Gasteiger partial charge in [0.2, 0.25) is 0 Å². The summed E-state index contributed by atoms with van der Waals surface area (Å²) in [7, 11) is 0. The summed E-state index contributed by atoms with van der Waals surface area (Å²) in [6.07, 6.45) is 2.39. The molecule has 3 heteroatoms. The Kier molecular flexibility index (Phi) is 5.87. The summed E-state index contributed by atoms with van der Waals surface area (Å²) in [5, 5.41) is 6.19. The standard InChI is InChI=1S/C22H29N3/c1-4-25(5-2)16-10-11-17(3)23-22-18-12-6-8-14-20(18)24-21-15-9-7-13-19(21)22/h6-9,12-15,17H,4-5,10-11,16H2,1-3H3,(H,23,24)/t17-/m1/s1. The minimum Gasteiger partial charge on any atom is -0.381 e. The smallest absolute Gasteiger partial charge is 0.0730 e. The lowest BCUT2D eigenvalue weighted by Gasteiger charge is -2.21. The van der Waals surface area contributed by atoms with Crippen molar-refractivity contribution >= 4 is 27.5 Å². The third-order valence-electron chi connectivity index (χ3n) is 4.98. The second kappa shape index (κ2) is 8.30. The number of anilines is 1. The zero-order chi connectivity index (χ0) is 17.6. The second-order valence-electron chi connectivity index (χ2n) is 6.74. The molecule has 0 saturated heterocycles. The molecule has 3 aromatic rings. The Morgan fingerprint density at radius 2 is 1.48 bits per heavy atom. The van der Waals surface area contributed by atoms with Crippen LogP contribution >= 0.6 is 0 Å². The van der Waals surface area contributed by atoms with Crippen LogP contribution in [0, 0.1) is 0 Å². The Morgan fingerprint density at radius 3 is 2.04 bits per heavy atom. The predicted octanol–water partition coefficient (Wildman–Crippen LogP) is 5.31. The maximum absolute atomic E-state index is 4.81. The third-order valence-corrected chi connectivity index (χ3v) is 4.98. The Bertz CT molecular complexity index is 770. The van der Waals surface area contributed by atoms with Gasteiger partial charge in [-0.3, -0.25) is 0 Å². The number of pyridine rings is 1. The lowest BCUT2D eigenvalue weighted by molar-refractivity contribution is 0.295. The van der Waals surface area contributed by atoms with E-state index < -0.39 is 0 Å². The van der Waals surface area contributed by atoms with Crippen molar-refractivity contribution in [1.82, 2.24) is 9.88 Å². The molecule has 3 nitrogen and oxygen atoms in total. The van der Waals surface area contributed by atoms with Crippen LogP contribution < -0.4 is 5.32 Å². The normalized spacial score (nSPS) is 12.8. The highest BCUT2D eigenvalue weighted by molar-refractivity contribution is 6.07. The van der Waals surface area contributed by atoms with Crippen LogP contribution in [0.25, 0.3) is 21.8 Å². The Morgan fingerprint density at radius 1 is 0.920 bits per heavy atom. The quantitative estimate of drug-likeness (QED) is 0.565. The summed E-state index contributed by atoms with van der Waals surface area (Å²) in [6, 6.07) is 17.3. The van der Waals surface area contributed by atoms with E-state index in [0.29, 0.717) is 6.04 Å². The van der Waals surface area contributed by atoms with Crippen molar-refractivity contribution in [1.29, 1.82) is 0 Å². The number of fused-ring (bicyclic) bond motifs is 2. The van der Waals surface area contributed by atoms with E-state index in [1.807, 2.05) is 0 Å². The van der Waals surface area contributed by atoms with Crippen LogP contribution in [0.15, 0.2) is 48.5 Å². The van der Waals surface area contributed by atoms with Gasteiger partial charge in [-0.25, -0.2) is 4.98 Å². The maximum atomic E-state index is 4.81. The van der Waals surface area contributed by atoms with Gasteiger partial charge in [-0.05, 0) is 51.5 Å². The number of aromatic nitrogens is 1. The molecule has 1 heterocycles. The van der Waals surface area contributed by atoms with E-state index >= 15 is 0 Å². The van der Waals surface area contributed by atoms with E-state index in [1.165, 1.54) is 35.8 Å². The predicted molar refractivity (Wildman–Crippen MR) is 109 cm³/mol. The lowest BCUT2D eigenvalue weighted by Crippen LogP contribution is -2.25. The van der Waals surface area contributed by atoms with Gasteiger partial charge < -0.3 is 10.2 Å². The summed E-state index contributed by atoms with van der Waals surface area (Å²) < 4.78 is 0. The van der Waals surface area contributed by atoms with Gasteiger partial charge in [-0.15, -0.1) is 0 Å². The van der Waals surface area contributed by atoms with Gasteiger partial charge in [0.25, 0.3) is 0 Å². The molecule has 2 aromatic carbocycles. The molecule has 0 fully saturated rings. The molecule has 0 aliphatic carbocycles. The van der Waals surface area contributed by atoms with Gasteiger partial charge in [0, 0.05) is 16.8 Å². The van der Waals surface area contributed by atoms with Crippen molar-refractivity contribution in [2.45, 2.75) is 39.7 Å². The molecule has 0 radical (unpaired) electrons. The molecule has 0 aliphatic rings. The van der Waals surface area contributed by atoms with Gasteiger partial charge >= 0.3 is 0 Å². The number of hydrogen-bond donors (Lipinski definition) is 1. The van der Waals surface area contributed by atoms with Crippen LogP contribution in [0.1, 0.15) is 33.6 Å². The van der Waals surface area contributed by atoms with Crippen LogP contribution in [0.3, 0.4) is 0 Å². The largest absolute Gasteiger partial charge is 0.381 e. The van der Waals surface area contributed by atoms with Crippen LogP contribution in [-0.2, 0) is 0 Å². The van der Waals surface area contributed by atoms with Gasteiger partial charge in [0.15, 0.2) is 0 Å². The minimum atomic E-state index is 0.435. The first-order chi connectivity index (χ1) is 12.2. The van der Waals surface area contributed by atoms with E-state index in [9.17, 15) is 0 Å². The van der Waals surface area contributed by atoms with Crippen LogP contribution in [0.4, 0.5) is 5.69 Å². The van der Waals surface area contributed by atoms with Crippen LogP contribution in [0.2, 0.25) is 0 Å². The number of nitrogens with zero attached hydrogens (tertiary/aromatic N) is 2. The van der Waals surface area contributed by atoms with Gasteiger partial charge in [0.05, 0.1) is 16.7 Å². The molecule has 1 atom stereocenters. The molecule has 0 saturated carbocycles. The van der Waals surface area contributed by atoms with E-state index in [4.69, 9.17) is 4.98 Å². The molecular formula is C22H29N3. The van der Waals surface area contributed by atoms with Crippen molar-refractivity contribution in [3.63, 3.8) is 0 Å². The average Bonchev–Trinajstić information content (AvgIpc) is 2.65. The summed E-state index contributed by atoms with van der Waals surface area (Å²) in [5.41, 5.74) is 3.33. The molecule has 3 rings (SSSR count). The zero-order valence-electron chi connectivity index (χ0n) is 15.6. The molecule has 132 valence electrons. The highest BCUT2D eigenvalue weighted by Gasteiger charge is 2.11. The zero-order valence-corrected chi connectivity index (χ0v) is 15.6. The fourth-order valence-corrected chi connectivity index (χ4v) is 3.47. The maximum Gasteiger partial charge on any atom is 0.0730 e. The Balaban J connectivity index is 1.81. The number of nitrogens with one attached hydrogen (secondary N) is 1. The van der Waals surface area contributed by atoms with Gasteiger partial charge in [-0.1, -0.05) is 50.2 Å². The first-order valence-corrected chi connectivity index (χ1v) is 9.49. The number of rotatable bonds is 8. The molecular weight excluding hydrogens is 306 g/mol. The fourth-order valence-electron chi connectivity index (χ4n) is 3.47. The Labute approximate surface area is 151 Å². The fraction of sp³-hybridized carbons (Fsp3) is 0.409. The average molecular weight is 335 g/mol. The van der Waals surface area contributed by atoms with Crippen molar-refractivity contribution in [3.05, 3.63) is 48.5 Å². The number of benzene rings is 2. The van der Waals surface area contributed by atoms with E-state index in [2.05, 4.69) is 79.5 Å². The first-order valence-electron chi connectivity index (χ1n) is 9.49. The van der Waals surface area contributed by atoms with E-state index in [1.54, 1.807) is 0 Å². The molecule has 0 spiro atoms. The molecule has 0 unspecified atom stereocenters. The summed E-state index contributed by atoms with van der Waals surface area (Å²) in [5.74, 6) is 0. The van der Waals surface area contributed by atoms with Crippen molar-refractivity contribution in [2.75, 3.05) is 25.0 Å². The highest BCUT2D eigenvalue weighted by atomic mass is 15.1. The molecule has 0 bridgehead atoms. The minimum absolute atomic E-state index is 0.435. The van der Waals surface area contributed by atoms with Crippen LogP contribution in [-0.4, -0.2) is 35.6 Å². The van der Waals surface area contributed by atoms with Crippen molar-refractivity contribution in [3.8, 4) is 0 Å². The topological polar surface area (TPSA) is 28.2 Å².